The number of rotatable bonds is 15. The summed E-state index contributed by atoms with van der Waals surface area (Å²) in [6.45, 7) is 7.56. The van der Waals surface area contributed by atoms with Gasteiger partial charge in [-0.3, -0.25) is 18.9 Å². The quantitative estimate of drug-likeness (QED) is 0.0624. The number of nitrogens with zero attached hydrogens (tertiary/aromatic N) is 1. The number of halogens is 3. The van der Waals surface area contributed by atoms with E-state index in [0.29, 0.717) is 22.1 Å². The summed E-state index contributed by atoms with van der Waals surface area (Å²) >= 11 is 19.3. The van der Waals surface area contributed by atoms with E-state index in [0.717, 1.165) is 16.7 Å². The van der Waals surface area contributed by atoms with Crippen LogP contribution in [0.2, 0.25) is 34.7 Å². The number of benzene rings is 4. The predicted molar refractivity (Wildman–Crippen MR) is 221 cm³/mol. The molecule has 11 nitrogen and oxygen atoms in total. The van der Waals surface area contributed by atoms with Crippen molar-refractivity contribution in [3.8, 4) is 17.2 Å². The van der Waals surface area contributed by atoms with E-state index >= 15 is 0 Å². The van der Waals surface area contributed by atoms with Gasteiger partial charge < -0.3 is 27.7 Å². The molecule has 1 aliphatic heterocycles. The van der Waals surface area contributed by atoms with Crippen molar-refractivity contribution in [2.45, 2.75) is 57.0 Å². The van der Waals surface area contributed by atoms with Gasteiger partial charge in [-0.25, -0.2) is 4.79 Å². The Balaban J connectivity index is 1.43. The number of aromatic nitrogens is 2. The zero-order valence-electron chi connectivity index (χ0n) is 31.6. The van der Waals surface area contributed by atoms with E-state index in [4.69, 9.17) is 67.0 Å². The van der Waals surface area contributed by atoms with Gasteiger partial charge in [0.25, 0.3) is 5.56 Å². The Bertz CT molecular complexity index is 2170. The maximum atomic E-state index is 13.2. The van der Waals surface area contributed by atoms with Crippen LogP contribution in [0.15, 0.2) is 107 Å². The van der Waals surface area contributed by atoms with Crippen molar-refractivity contribution in [1.29, 1.82) is 0 Å². The fourth-order valence-electron chi connectivity index (χ4n) is 6.30. The minimum absolute atomic E-state index is 0.0379. The molecule has 1 unspecified atom stereocenters. The summed E-state index contributed by atoms with van der Waals surface area (Å²) in [7, 11) is -1.26. The SMILES string of the molecule is COc1ccc(C(OC[C@H]2O[C@@H](n3cc(C)c(=O)[nH]c3=O)C[C@@H]2OP(Oc2c(Cl)cc(Cl)cc2Cl)O[Si](C)(C)C)(c2ccccc2)c2ccc(OC)cc2)cc1. The van der Waals surface area contributed by atoms with Gasteiger partial charge in [-0.05, 0) is 79.7 Å². The molecular weight excluding hydrogens is 818 g/mol. The fraction of sp³-hybridized carbons (Fsp3) is 0.300. The second kappa shape index (κ2) is 17.8. The second-order valence-corrected chi connectivity index (χ2v) is 21.1. The maximum absolute atomic E-state index is 13.2. The van der Waals surface area contributed by atoms with Gasteiger partial charge in [0.2, 0.25) is 0 Å². The van der Waals surface area contributed by atoms with Crippen LogP contribution in [-0.4, -0.2) is 50.9 Å². The average Bonchev–Trinajstić information content (AvgIpc) is 3.56. The summed E-state index contributed by atoms with van der Waals surface area (Å²) in [6.07, 6.45) is -0.765. The van der Waals surface area contributed by atoms with E-state index in [1.807, 2.05) is 98.5 Å². The van der Waals surface area contributed by atoms with Gasteiger partial charge in [0.05, 0.1) is 30.9 Å². The first-order valence-electron chi connectivity index (χ1n) is 17.7. The molecule has 1 N–H and O–H groups in total. The molecule has 1 aliphatic rings. The third kappa shape index (κ3) is 9.53. The van der Waals surface area contributed by atoms with Crippen molar-refractivity contribution in [2.75, 3.05) is 20.8 Å². The summed E-state index contributed by atoms with van der Waals surface area (Å²) < 4.78 is 45.7. The van der Waals surface area contributed by atoms with Crippen LogP contribution in [0.3, 0.4) is 0 Å². The summed E-state index contributed by atoms with van der Waals surface area (Å²) in [5.41, 5.74) is 0.514. The molecule has 1 fully saturated rings. The number of aromatic amines is 1. The molecule has 16 heteroatoms. The van der Waals surface area contributed by atoms with Gasteiger partial charge in [-0.1, -0.05) is 89.4 Å². The average molecular weight is 860 g/mol. The Morgan fingerprint density at radius 3 is 1.95 bits per heavy atom. The molecule has 56 heavy (non-hydrogen) atoms. The number of nitrogens with one attached hydrogen (secondary N) is 1. The molecular formula is C40H42Cl3N2O9PSi. The van der Waals surface area contributed by atoms with E-state index in [-0.39, 0.29) is 28.8 Å². The van der Waals surface area contributed by atoms with Gasteiger partial charge >= 0.3 is 14.3 Å². The smallest absolute Gasteiger partial charge is 0.386 e. The lowest BCUT2D eigenvalue weighted by Gasteiger charge is -2.37. The molecule has 0 bridgehead atoms. The fourth-order valence-corrected chi connectivity index (χ4v) is 10.2. The first-order chi connectivity index (χ1) is 26.7. The minimum Gasteiger partial charge on any atom is -0.497 e. The molecule has 0 radical (unpaired) electrons. The highest BCUT2D eigenvalue weighted by molar-refractivity contribution is 7.44. The van der Waals surface area contributed by atoms with Gasteiger partial charge in [0.15, 0.2) is 14.1 Å². The number of methoxy groups -OCH3 is 2. The Morgan fingerprint density at radius 1 is 0.857 bits per heavy atom. The second-order valence-electron chi connectivity index (χ2n) is 14.0. The normalized spacial score (nSPS) is 17.8. The monoisotopic (exact) mass is 858 g/mol. The van der Waals surface area contributed by atoms with Crippen LogP contribution in [0.5, 0.6) is 17.2 Å². The number of aryl methyl sites for hydroxylation is 1. The molecule has 1 saturated heterocycles. The standard InChI is InChI=1S/C40H42Cl3N2O9PSi/c1-25-23-45(39(47)44-38(25)46)36-22-34(52-55(54-56(4,5)6)53-37-32(42)20-29(41)21-33(37)43)35(51-36)24-50-40(26-10-8-7-9-11-26,27-12-16-30(48-2)17-13-27)28-14-18-31(49-3)19-15-28/h7-21,23,34-36H,22,24H2,1-6H3,(H,44,46,47)/t34-,35+,36+,55?/m0/s1. The zero-order valence-corrected chi connectivity index (χ0v) is 35.7. The summed E-state index contributed by atoms with van der Waals surface area (Å²) in [5.74, 6) is 1.51. The zero-order chi connectivity index (χ0) is 40.2. The maximum Gasteiger partial charge on any atom is 0.386 e. The van der Waals surface area contributed by atoms with Crippen molar-refractivity contribution in [1.82, 2.24) is 9.55 Å². The van der Waals surface area contributed by atoms with Gasteiger partial charge in [0, 0.05) is 23.2 Å². The van der Waals surface area contributed by atoms with E-state index in [1.54, 1.807) is 21.1 Å². The molecule has 6 rings (SSSR count). The highest BCUT2D eigenvalue weighted by Crippen LogP contribution is 2.52. The predicted octanol–water partition coefficient (Wildman–Crippen LogP) is 9.66. The molecule has 4 atom stereocenters. The summed E-state index contributed by atoms with van der Waals surface area (Å²) in [5, 5.41) is 0.699. The summed E-state index contributed by atoms with van der Waals surface area (Å²) in [4.78, 5) is 27.9. The van der Waals surface area contributed by atoms with E-state index in [1.165, 1.54) is 22.9 Å². The van der Waals surface area contributed by atoms with Crippen molar-refractivity contribution >= 4 is 51.7 Å². The Labute approximate surface area is 342 Å². The van der Waals surface area contributed by atoms with E-state index in [9.17, 15) is 9.59 Å². The van der Waals surface area contributed by atoms with Crippen LogP contribution in [0.4, 0.5) is 0 Å². The molecule has 2 heterocycles. The van der Waals surface area contributed by atoms with Crippen molar-refractivity contribution < 1.29 is 32.2 Å². The third-order valence-electron chi connectivity index (χ3n) is 8.97. The van der Waals surface area contributed by atoms with Crippen LogP contribution in [0, 0.1) is 6.92 Å². The third-order valence-corrected chi connectivity index (χ3v) is 13.3. The van der Waals surface area contributed by atoms with Gasteiger partial charge in [-0.2, -0.15) is 0 Å². The lowest BCUT2D eigenvalue weighted by molar-refractivity contribution is -0.0921. The van der Waals surface area contributed by atoms with E-state index in [2.05, 4.69) is 4.98 Å². The van der Waals surface area contributed by atoms with Gasteiger partial charge in [0.1, 0.15) is 35.5 Å². The number of ether oxygens (including phenoxy) is 4. The molecule has 0 aliphatic carbocycles. The molecule has 296 valence electrons. The topological polar surface area (TPSA) is 119 Å². The Morgan fingerprint density at radius 2 is 1.41 bits per heavy atom. The van der Waals surface area contributed by atoms with E-state index < -0.39 is 52.2 Å². The number of hydrogen-bond donors (Lipinski definition) is 1. The highest BCUT2D eigenvalue weighted by Gasteiger charge is 2.45. The Hall–Kier alpha value is -3.68. The van der Waals surface area contributed by atoms with Crippen molar-refractivity contribution in [3.63, 3.8) is 0 Å². The molecule has 5 aromatic rings. The van der Waals surface area contributed by atoms with Crippen molar-refractivity contribution in [2.24, 2.45) is 0 Å². The molecule has 0 amide bonds. The Kier molecular flexibility index (Phi) is 13.4. The van der Waals surface area contributed by atoms with Crippen LogP contribution in [0.25, 0.3) is 0 Å². The van der Waals surface area contributed by atoms with Crippen LogP contribution in [0.1, 0.15) is 34.9 Å². The first-order valence-corrected chi connectivity index (χ1v) is 23.3. The minimum atomic E-state index is -2.33. The van der Waals surface area contributed by atoms with Crippen LogP contribution < -0.4 is 25.2 Å². The lowest BCUT2D eigenvalue weighted by atomic mass is 9.80. The first kappa shape index (κ1) is 41.9. The molecule has 4 aromatic carbocycles. The van der Waals surface area contributed by atoms with Gasteiger partial charge in [-0.15, -0.1) is 0 Å². The summed E-state index contributed by atoms with van der Waals surface area (Å²) in [6, 6.07) is 28.2. The highest BCUT2D eigenvalue weighted by atomic mass is 35.5. The van der Waals surface area contributed by atoms with Crippen molar-refractivity contribution in [3.05, 3.63) is 155 Å². The number of H-pyrrole nitrogens is 1. The largest absolute Gasteiger partial charge is 0.497 e. The van der Waals surface area contributed by atoms with Crippen LogP contribution >= 0.6 is 43.4 Å². The lowest BCUT2D eigenvalue weighted by Crippen LogP contribution is -2.38. The number of hydrogen-bond acceptors (Lipinski definition) is 9. The molecule has 0 spiro atoms. The van der Waals surface area contributed by atoms with Crippen LogP contribution in [-0.2, 0) is 23.8 Å². The molecule has 0 saturated carbocycles. The molecule has 1 aromatic heterocycles.